The van der Waals surface area contributed by atoms with Gasteiger partial charge in [-0.1, -0.05) is 91.0 Å². The summed E-state index contributed by atoms with van der Waals surface area (Å²) in [4.78, 5) is 46.1. The van der Waals surface area contributed by atoms with Crippen molar-refractivity contribution in [3.8, 4) is 0 Å². The van der Waals surface area contributed by atoms with Gasteiger partial charge in [-0.15, -0.1) is 5.10 Å². The van der Waals surface area contributed by atoms with Crippen molar-refractivity contribution in [1.82, 2.24) is 25.8 Å². The van der Waals surface area contributed by atoms with Gasteiger partial charge >= 0.3 is 6.09 Å². The van der Waals surface area contributed by atoms with Crippen LogP contribution in [-0.2, 0) is 27.4 Å². The number of nitrogens with zero attached hydrogens (tertiary/aromatic N) is 3. The number of carbonyl (C=O) groups is 3. The maximum absolute atomic E-state index is 13.4. The summed E-state index contributed by atoms with van der Waals surface area (Å²) in [5.74, 6) is -0.801. The van der Waals surface area contributed by atoms with Gasteiger partial charge in [0.05, 0.1) is 6.04 Å². The topological polar surface area (TPSA) is 124 Å². The highest BCUT2D eigenvalue weighted by molar-refractivity contribution is 6.31. The van der Waals surface area contributed by atoms with Crippen molar-refractivity contribution in [2.45, 2.75) is 45.4 Å². The first-order chi connectivity index (χ1) is 19.8. The molecule has 0 radical (unpaired) electrons. The molecule has 1 heterocycles. The van der Waals surface area contributed by atoms with Crippen LogP contribution in [0.25, 0.3) is 11.0 Å². The van der Waals surface area contributed by atoms with Crippen molar-refractivity contribution in [3.05, 3.63) is 95.0 Å². The number of carbonyl (C=O) groups excluding carboxylic acids is 3. The number of alkyl carbamates (subject to hydrolysis) is 1. The van der Waals surface area contributed by atoms with E-state index >= 15 is 0 Å². The van der Waals surface area contributed by atoms with Gasteiger partial charge in [0.25, 0.3) is 0 Å². The van der Waals surface area contributed by atoms with E-state index in [0.29, 0.717) is 22.5 Å². The average molecular weight is 578 g/mol. The first-order valence-corrected chi connectivity index (χ1v) is 13.6. The summed E-state index contributed by atoms with van der Waals surface area (Å²) < 4.78 is 5.32. The minimum atomic E-state index is -0.930. The van der Waals surface area contributed by atoms with Crippen LogP contribution in [0.3, 0.4) is 0 Å². The van der Waals surface area contributed by atoms with E-state index in [2.05, 4.69) is 20.9 Å². The molecule has 0 aliphatic rings. The highest BCUT2D eigenvalue weighted by Gasteiger charge is 2.28. The van der Waals surface area contributed by atoms with Gasteiger partial charge in [-0.2, -0.15) is 0 Å². The Morgan fingerprint density at radius 3 is 2.27 bits per heavy atom. The summed E-state index contributed by atoms with van der Waals surface area (Å²) in [7, 11) is 0. The van der Waals surface area contributed by atoms with Gasteiger partial charge < -0.3 is 20.2 Å². The van der Waals surface area contributed by atoms with Crippen molar-refractivity contribution in [2.24, 2.45) is 5.92 Å². The number of fused-ring (bicyclic) bond motifs is 1. The first-order valence-electron chi connectivity index (χ1n) is 13.3. The Morgan fingerprint density at radius 2 is 1.59 bits per heavy atom. The zero-order chi connectivity index (χ0) is 29.2. The van der Waals surface area contributed by atoms with E-state index in [0.717, 1.165) is 16.0 Å². The molecule has 0 fully saturated rings. The second-order valence-corrected chi connectivity index (χ2v) is 10.4. The smallest absolute Gasteiger partial charge is 0.408 e. The summed E-state index contributed by atoms with van der Waals surface area (Å²) in [6.07, 6.45) is -0.146. The van der Waals surface area contributed by atoms with E-state index in [-0.39, 0.29) is 31.3 Å². The molecule has 2 amide bonds. The second kappa shape index (κ2) is 14.3. The fraction of sp³-hybridized carbons (Fsp3) is 0.300. The predicted molar refractivity (Wildman–Crippen MR) is 154 cm³/mol. The summed E-state index contributed by atoms with van der Waals surface area (Å²) in [6, 6.07) is 21.7. The van der Waals surface area contributed by atoms with Crippen LogP contribution >= 0.6 is 11.6 Å². The summed E-state index contributed by atoms with van der Waals surface area (Å²) in [5, 5.41) is 13.9. The Balaban J connectivity index is 1.44. The van der Waals surface area contributed by atoms with E-state index < -0.39 is 24.1 Å². The molecule has 10 nitrogen and oxygen atoms in total. The monoisotopic (exact) mass is 577 g/mol. The Kier molecular flexibility index (Phi) is 10.3. The molecule has 0 aliphatic heterocycles. The number of ether oxygens (including phenoxy) is 1. The highest BCUT2D eigenvalue weighted by Crippen LogP contribution is 2.16. The quantitative estimate of drug-likeness (QED) is 0.244. The standard InChI is InChI=1S/C30H32ClN5O5/c1-20(2)15-26(33-30(39)40-18-22-11-7-4-8-12-22)29(38)32-25(16-21-9-5-3-6-10-21)28(37)19-41-36-27-17-23(31)13-14-24(27)34-35-36/h3-14,17,20,25-26H,15-16,18-19H2,1-2H3,(H,32,38)(H,33,39)/t25-,26-/m0/s1. The van der Waals surface area contributed by atoms with Crippen molar-refractivity contribution < 1.29 is 24.0 Å². The molecule has 0 spiro atoms. The lowest BCUT2D eigenvalue weighted by molar-refractivity contribution is -0.131. The van der Waals surface area contributed by atoms with Crippen LogP contribution in [-0.4, -0.2) is 51.6 Å². The van der Waals surface area contributed by atoms with Crippen LogP contribution in [0.5, 0.6) is 0 Å². The lowest BCUT2D eigenvalue weighted by Crippen LogP contribution is -2.53. The molecular formula is C30H32ClN5O5. The molecule has 0 unspecified atom stereocenters. The SMILES string of the molecule is CC(C)C[C@H](NC(=O)OCc1ccccc1)C(=O)N[C@@H](Cc1ccccc1)C(=O)COn1nnc2ccc(Cl)cc21. The molecule has 3 aromatic carbocycles. The van der Waals surface area contributed by atoms with Crippen molar-refractivity contribution in [1.29, 1.82) is 0 Å². The van der Waals surface area contributed by atoms with Crippen LogP contribution in [0, 0.1) is 5.92 Å². The molecule has 2 N–H and O–H groups in total. The molecule has 0 bridgehead atoms. The minimum absolute atomic E-state index is 0.0668. The number of Topliss-reactive ketones (excluding diaryl/α,β-unsaturated/α-hetero) is 1. The summed E-state index contributed by atoms with van der Waals surface area (Å²) in [6.45, 7) is 3.56. The van der Waals surface area contributed by atoms with Gasteiger partial charge in [0.15, 0.2) is 12.4 Å². The molecule has 0 aliphatic carbocycles. The normalized spacial score (nSPS) is 12.5. The largest absolute Gasteiger partial charge is 0.445 e. The molecule has 4 aromatic rings. The fourth-order valence-electron chi connectivity index (χ4n) is 4.17. The summed E-state index contributed by atoms with van der Waals surface area (Å²) >= 11 is 6.08. The fourth-order valence-corrected chi connectivity index (χ4v) is 4.34. The number of hydrogen-bond donors (Lipinski definition) is 2. The number of rotatable bonds is 13. The van der Waals surface area contributed by atoms with Crippen LogP contribution in [0.2, 0.25) is 5.02 Å². The number of benzene rings is 3. The van der Waals surface area contributed by atoms with Crippen LogP contribution in [0.4, 0.5) is 4.79 Å². The van der Waals surface area contributed by atoms with Gasteiger partial charge in [-0.3, -0.25) is 9.59 Å². The first kappa shape index (κ1) is 29.5. The minimum Gasteiger partial charge on any atom is -0.445 e. The van der Waals surface area contributed by atoms with Crippen LogP contribution in [0.1, 0.15) is 31.4 Å². The van der Waals surface area contributed by atoms with Crippen molar-refractivity contribution >= 4 is 40.4 Å². The molecule has 41 heavy (non-hydrogen) atoms. The van der Waals surface area contributed by atoms with Crippen molar-refractivity contribution in [3.63, 3.8) is 0 Å². The third kappa shape index (κ3) is 8.77. The van der Waals surface area contributed by atoms with Gasteiger partial charge in [0.2, 0.25) is 5.91 Å². The lowest BCUT2D eigenvalue weighted by Gasteiger charge is -2.24. The van der Waals surface area contributed by atoms with Gasteiger partial charge in [0.1, 0.15) is 23.7 Å². The van der Waals surface area contributed by atoms with Gasteiger partial charge in [-0.05, 0) is 53.3 Å². The maximum atomic E-state index is 13.4. The molecule has 4 rings (SSSR count). The number of amides is 2. The Bertz CT molecular complexity index is 1460. The number of nitrogens with one attached hydrogen (secondary N) is 2. The van der Waals surface area contributed by atoms with E-state index in [1.165, 1.54) is 0 Å². The Hall–Kier alpha value is -4.44. The van der Waals surface area contributed by atoms with E-state index in [9.17, 15) is 14.4 Å². The zero-order valence-corrected chi connectivity index (χ0v) is 23.6. The molecule has 214 valence electrons. The third-order valence-electron chi connectivity index (χ3n) is 6.22. The third-order valence-corrected chi connectivity index (χ3v) is 6.46. The molecular weight excluding hydrogens is 546 g/mol. The van der Waals surface area contributed by atoms with Gasteiger partial charge in [-0.25, -0.2) is 4.79 Å². The zero-order valence-electron chi connectivity index (χ0n) is 22.8. The van der Waals surface area contributed by atoms with Crippen molar-refractivity contribution in [2.75, 3.05) is 6.61 Å². The molecule has 2 atom stereocenters. The predicted octanol–water partition coefficient (Wildman–Crippen LogP) is 4.15. The second-order valence-electron chi connectivity index (χ2n) is 9.97. The van der Waals surface area contributed by atoms with Crippen LogP contribution in [0.15, 0.2) is 78.9 Å². The van der Waals surface area contributed by atoms with E-state index in [4.69, 9.17) is 21.2 Å². The number of hydrogen-bond acceptors (Lipinski definition) is 7. The number of ketones is 1. The molecule has 0 saturated heterocycles. The maximum Gasteiger partial charge on any atom is 0.408 e. The number of aromatic nitrogens is 3. The molecule has 0 saturated carbocycles. The lowest BCUT2D eigenvalue weighted by atomic mass is 10.00. The van der Waals surface area contributed by atoms with E-state index in [1.807, 2.05) is 74.5 Å². The molecule has 11 heteroatoms. The Morgan fingerprint density at radius 1 is 0.902 bits per heavy atom. The highest BCUT2D eigenvalue weighted by atomic mass is 35.5. The van der Waals surface area contributed by atoms with Gasteiger partial charge in [0, 0.05) is 5.02 Å². The molecule has 1 aromatic heterocycles. The van der Waals surface area contributed by atoms with E-state index in [1.54, 1.807) is 18.2 Å². The average Bonchev–Trinajstić information content (AvgIpc) is 3.36. The Labute approximate surface area is 242 Å². The number of halogens is 1. The summed E-state index contributed by atoms with van der Waals surface area (Å²) in [5.41, 5.74) is 2.73. The van der Waals surface area contributed by atoms with Crippen LogP contribution < -0.4 is 15.5 Å².